The number of hydrogen-bond donors (Lipinski definition) is 1. The number of rotatable bonds is 8. The molecule has 0 radical (unpaired) electrons. The fourth-order valence-electron chi connectivity index (χ4n) is 1.54. The molecule has 3 heteroatoms. The second kappa shape index (κ2) is 8.67. The van der Waals surface area contributed by atoms with E-state index in [1.807, 2.05) is 12.1 Å². The topological polar surface area (TPSA) is 21.3 Å². The molecule has 1 aromatic rings. The smallest absolute Gasteiger partial charge is 0.0717 e. The zero-order chi connectivity index (χ0) is 12.5. The predicted octanol–water partition coefficient (Wildman–Crippen LogP) is 3.74. The van der Waals surface area contributed by atoms with Gasteiger partial charge in [-0.3, -0.25) is 0 Å². The molecule has 96 valence electrons. The van der Waals surface area contributed by atoms with Crippen LogP contribution in [0.1, 0.15) is 32.3 Å². The van der Waals surface area contributed by atoms with E-state index < -0.39 is 0 Å². The molecule has 0 aliphatic carbocycles. The van der Waals surface area contributed by atoms with Crippen LogP contribution in [0.2, 0.25) is 0 Å². The largest absolute Gasteiger partial charge is 0.377 e. The van der Waals surface area contributed by atoms with E-state index in [9.17, 15) is 0 Å². The lowest BCUT2D eigenvalue weighted by Crippen LogP contribution is -2.23. The van der Waals surface area contributed by atoms with Crippen molar-refractivity contribution in [2.45, 2.75) is 39.3 Å². The second-order valence-electron chi connectivity index (χ2n) is 4.50. The van der Waals surface area contributed by atoms with Crippen molar-refractivity contribution in [3.8, 4) is 0 Å². The Bertz CT molecular complexity index is 315. The average molecular weight is 300 g/mol. The van der Waals surface area contributed by atoms with Gasteiger partial charge in [0.25, 0.3) is 0 Å². The van der Waals surface area contributed by atoms with Crippen LogP contribution >= 0.6 is 15.9 Å². The van der Waals surface area contributed by atoms with Gasteiger partial charge in [0.2, 0.25) is 0 Å². The third-order valence-electron chi connectivity index (χ3n) is 2.43. The lowest BCUT2D eigenvalue weighted by atomic mass is 10.2. The molecule has 0 saturated carbocycles. The quantitative estimate of drug-likeness (QED) is 0.738. The van der Waals surface area contributed by atoms with Gasteiger partial charge in [-0.25, -0.2) is 0 Å². The molecule has 0 fully saturated rings. The van der Waals surface area contributed by atoms with Crippen LogP contribution in [0.5, 0.6) is 0 Å². The number of halogens is 1. The maximum absolute atomic E-state index is 5.63. The summed E-state index contributed by atoms with van der Waals surface area (Å²) in [5.41, 5.74) is 1.22. The third-order valence-corrected chi connectivity index (χ3v) is 2.92. The summed E-state index contributed by atoms with van der Waals surface area (Å²) in [6.07, 6.45) is 2.30. The molecule has 1 rings (SSSR count). The van der Waals surface area contributed by atoms with Crippen LogP contribution in [0.3, 0.4) is 0 Å². The van der Waals surface area contributed by atoms with Gasteiger partial charge in [0.15, 0.2) is 0 Å². The molecule has 0 aliphatic rings. The van der Waals surface area contributed by atoms with Gasteiger partial charge in [-0.2, -0.15) is 0 Å². The van der Waals surface area contributed by atoms with E-state index in [0.29, 0.717) is 12.6 Å². The van der Waals surface area contributed by atoms with Crippen molar-refractivity contribution in [2.75, 3.05) is 13.2 Å². The molecule has 0 saturated heterocycles. The minimum atomic E-state index is 0.581. The Morgan fingerprint density at radius 2 is 2.12 bits per heavy atom. The summed E-state index contributed by atoms with van der Waals surface area (Å²) >= 11 is 3.46. The first-order valence-corrected chi connectivity index (χ1v) is 7.03. The third kappa shape index (κ3) is 7.53. The van der Waals surface area contributed by atoms with Crippen molar-refractivity contribution in [1.29, 1.82) is 0 Å². The van der Waals surface area contributed by atoms with Crippen molar-refractivity contribution in [1.82, 2.24) is 5.32 Å². The van der Waals surface area contributed by atoms with Gasteiger partial charge in [0.1, 0.15) is 0 Å². The molecule has 0 spiro atoms. The van der Waals surface area contributed by atoms with Gasteiger partial charge in [0.05, 0.1) is 6.61 Å². The molecule has 0 bridgehead atoms. The number of nitrogens with one attached hydrogen (secondary N) is 1. The lowest BCUT2D eigenvalue weighted by molar-refractivity contribution is 0.117. The van der Waals surface area contributed by atoms with Crippen LogP contribution in [0.25, 0.3) is 0 Å². The molecule has 2 nitrogen and oxygen atoms in total. The first-order chi connectivity index (χ1) is 8.18. The van der Waals surface area contributed by atoms with Crippen LogP contribution in [0.15, 0.2) is 28.7 Å². The number of unbranched alkanes of at least 4 members (excludes halogenated alkanes) is 1. The highest BCUT2D eigenvalue weighted by Gasteiger charge is 1.95. The maximum Gasteiger partial charge on any atom is 0.0717 e. The van der Waals surface area contributed by atoms with Gasteiger partial charge in [0, 0.05) is 17.1 Å². The number of hydrogen-bond acceptors (Lipinski definition) is 2. The standard InChI is InChI=1S/C14H22BrNO/c1-12(2)16-8-3-4-9-17-11-13-6-5-7-14(15)10-13/h5-7,10,12,16H,3-4,8-9,11H2,1-2H3. The van der Waals surface area contributed by atoms with Crippen molar-refractivity contribution in [2.24, 2.45) is 0 Å². The Hall–Kier alpha value is -0.380. The van der Waals surface area contributed by atoms with Gasteiger partial charge in [-0.1, -0.05) is 41.9 Å². The molecule has 0 amide bonds. The zero-order valence-electron chi connectivity index (χ0n) is 10.7. The number of ether oxygens (including phenoxy) is 1. The van der Waals surface area contributed by atoms with Gasteiger partial charge in [-0.05, 0) is 37.1 Å². The first kappa shape index (κ1) is 14.7. The van der Waals surface area contributed by atoms with E-state index >= 15 is 0 Å². The van der Waals surface area contributed by atoms with E-state index in [0.717, 1.165) is 24.0 Å². The molecule has 1 aromatic carbocycles. The van der Waals surface area contributed by atoms with Crippen LogP contribution in [0, 0.1) is 0 Å². The summed E-state index contributed by atoms with van der Waals surface area (Å²) in [5.74, 6) is 0. The fraction of sp³-hybridized carbons (Fsp3) is 0.571. The minimum absolute atomic E-state index is 0.581. The van der Waals surface area contributed by atoms with Gasteiger partial charge >= 0.3 is 0 Å². The predicted molar refractivity (Wildman–Crippen MR) is 76.2 cm³/mol. The van der Waals surface area contributed by atoms with Crippen molar-refractivity contribution in [3.63, 3.8) is 0 Å². The molecular formula is C14H22BrNO. The fourth-order valence-corrected chi connectivity index (χ4v) is 1.98. The van der Waals surface area contributed by atoms with Crippen molar-refractivity contribution < 1.29 is 4.74 Å². The van der Waals surface area contributed by atoms with Gasteiger partial charge in [-0.15, -0.1) is 0 Å². The highest BCUT2D eigenvalue weighted by molar-refractivity contribution is 9.10. The molecule has 0 aromatic heterocycles. The molecule has 17 heavy (non-hydrogen) atoms. The minimum Gasteiger partial charge on any atom is -0.377 e. The Labute approximate surface area is 113 Å². The maximum atomic E-state index is 5.63. The van der Waals surface area contributed by atoms with Crippen LogP contribution in [0.4, 0.5) is 0 Å². The molecule has 0 aliphatic heterocycles. The normalized spacial score (nSPS) is 11.1. The lowest BCUT2D eigenvalue weighted by Gasteiger charge is -2.08. The second-order valence-corrected chi connectivity index (χ2v) is 5.41. The Morgan fingerprint density at radius 3 is 2.82 bits per heavy atom. The van der Waals surface area contributed by atoms with Crippen molar-refractivity contribution in [3.05, 3.63) is 34.3 Å². The number of benzene rings is 1. The Kier molecular flexibility index (Phi) is 7.49. The highest BCUT2D eigenvalue weighted by Crippen LogP contribution is 2.12. The molecule has 0 heterocycles. The van der Waals surface area contributed by atoms with E-state index in [4.69, 9.17) is 4.74 Å². The Morgan fingerprint density at radius 1 is 1.29 bits per heavy atom. The van der Waals surface area contributed by atoms with Crippen molar-refractivity contribution >= 4 is 15.9 Å². The monoisotopic (exact) mass is 299 g/mol. The summed E-state index contributed by atoms with van der Waals surface area (Å²) < 4.78 is 6.74. The summed E-state index contributed by atoms with van der Waals surface area (Å²) in [7, 11) is 0. The average Bonchev–Trinajstić information content (AvgIpc) is 2.27. The van der Waals surface area contributed by atoms with Gasteiger partial charge < -0.3 is 10.1 Å². The summed E-state index contributed by atoms with van der Waals surface area (Å²) in [4.78, 5) is 0. The van der Waals surface area contributed by atoms with E-state index in [2.05, 4.69) is 47.2 Å². The van der Waals surface area contributed by atoms with E-state index in [1.165, 1.54) is 12.0 Å². The Balaban J connectivity index is 2.01. The first-order valence-electron chi connectivity index (χ1n) is 6.24. The van der Waals surface area contributed by atoms with E-state index in [1.54, 1.807) is 0 Å². The molecule has 0 unspecified atom stereocenters. The summed E-state index contributed by atoms with van der Waals surface area (Å²) in [5, 5.41) is 3.40. The summed E-state index contributed by atoms with van der Waals surface area (Å²) in [6, 6.07) is 8.83. The van der Waals surface area contributed by atoms with Crippen LogP contribution in [-0.4, -0.2) is 19.2 Å². The van der Waals surface area contributed by atoms with Crippen LogP contribution in [-0.2, 0) is 11.3 Å². The molecule has 0 atom stereocenters. The SMILES string of the molecule is CC(C)NCCCCOCc1cccc(Br)c1. The summed E-state index contributed by atoms with van der Waals surface area (Å²) in [6.45, 7) is 6.97. The van der Waals surface area contributed by atoms with E-state index in [-0.39, 0.29) is 0 Å². The highest BCUT2D eigenvalue weighted by atomic mass is 79.9. The molecular weight excluding hydrogens is 278 g/mol. The zero-order valence-corrected chi connectivity index (χ0v) is 12.3. The molecule has 1 N–H and O–H groups in total. The van der Waals surface area contributed by atoms with Crippen LogP contribution < -0.4 is 5.32 Å².